The van der Waals surface area contributed by atoms with Crippen molar-refractivity contribution in [1.82, 2.24) is 9.88 Å². The molecule has 0 radical (unpaired) electrons. The third-order valence-electron chi connectivity index (χ3n) is 5.75. The van der Waals surface area contributed by atoms with Gasteiger partial charge in [-0.1, -0.05) is 49.4 Å². The van der Waals surface area contributed by atoms with Gasteiger partial charge in [0.15, 0.2) is 0 Å². The molecule has 4 heteroatoms. The Morgan fingerprint density at radius 1 is 1.03 bits per heavy atom. The van der Waals surface area contributed by atoms with Gasteiger partial charge in [-0.3, -0.25) is 9.78 Å². The van der Waals surface area contributed by atoms with E-state index in [1.54, 1.807) is 18.3 Å². The molecule has 1 unspecified atom stereocenters. The molecule has 1 amide bonds. The Balaban J connectivity index is 1.48. The molecule has 1 aromatic heterocycles. The molecule has 1 heterocycles. The molecule has 3 nitrogen and oxygen atoms in total. The van der Waals surface area contributed by atoms with E-state index in [0.29, 0.717) is 19.5 Å². The van der Waals surface area contributed by atoms with E-state index in [9.17, 15) is 9.18 Å². The van der Waals surface area contributed by atoms with Gasteiger partial charge < -0.3 is 4.90 Å². The number of hydrogen-bond donors (Lipinski definition) is 0. The van der Waals surface area contributed by atoms with Crippen LogP contribution in [0.25, 0.3) is 0 Å². The first-order valence-corrected chi connectivity index (χ1v) is 10.6. The zero-order valence-corrected chi connectivity index (χ0v) is 17.3. The Hall–Kier alpha value is -3.01. The molecule has 0 aliphatic heterocycles. The van der Waals surface area contributed by atoms with Gasteiger partial charge in [0.1, 0.15) is 5.82 Å². The monoisotopic (exact) mass is 402 g/mol. The highest BCUT2D eigenvalue weighted by molar-refractivity contribution is 5.77. The summed E-state index contributed by atoms with van der Waals surface area (Å²) in [6, 6.07) is 20.8. The lowest BCUT2D eigenvalue weighted by molar-refractivity contribution is -0.132. The van der Waals surface area contributed by atoms with Crippen molar-refractivity contribution in [1.29, 1.82) is 0 Å². The summed E-state index contributed by atoms with van der Waals surface area (Å²) in [7, 11) is 0. The van der Waals surface area contributed by atoms with Crippen LogP contribution in [0.4, 0.5) is 4.39 Å². The maximum Gasteiger partial charge on any atom is 0.223 e. The van der Waals surface area contributed by atoms with Crippen LogP contribution < -0.4 is 0 Å². The number of amides is 1. The van der Waals surface area contributed by atoms with E-state index < -0.39 is 0 Å². The number of hydrogen-bond acceptors (Lipinski definition) is 2. The van der Waals surface area contributed by atoms with Crippen molar-refractivity contribution in [2.24, 2.45) is 0 Å². The summed E-state index contributed by atoms with van der Waals surface area (Å²) < 4.78 is 13.2. The van der Waals surface area contributed by atoms with Crippen LogP contribution in [0.15, 0.2) is 72.9 Å². The molecule has 1 fully saturated rings. The molecule has 30 heavy (non-hydrogen) atoms. The summed E-state index contributed by atoms with van der Waals surface area (Å²) in [6.07, 6.45) is 4.69. The Bertz CT molecular complexity index is 966. The fraction of sp³-hybridized carbons (Fsp3) is 0.308. The second-order valence-electron chi connectivity index (χ2n) is 8.24. The van der Waals surface area contributed by atoms with Crippen LogP contribution in [0.5, 0.6) is 0 Å². The van der Waals surface area contributed by atoms with E-state index in [1.807, 2.05) is 30.0 Å². The number of carbonyl (C=O) groups is 1. The summed E-state index contributed by atoms with van der Waals surface area (Å²) in [4.78, 5) is 19.5. The summed E-state index contributed by atoms with van der Waals surface area (Å²) in [5, 5.41) is 0. The number of nitrogens with zero attached hydrogens (tertiary/aromatic N) is 2. The van der Waals surface area contributed by atoms with Crippen molar-refractivity contribution in [3.8, 4) is 0 Å². The van der Waals surface area contributed by atoms with Crippen LogP contribution >= 0.6 is 0 Å². The lowest BCUT2D eigenvalue weighted by atomic mass is 9.97. The molecule has 0 N–H and O–H groups in total. The van der Waals surface area contributed by atoms with E-state index in [4.69, 9.17) is 0 Å². The van der Waals surface area contributed by atoms with E-state index in [1.165, 1.54) is 30.5 Å². The van der Waals surface area contributed by atoms with Gasteiger partial charge in [-0.25, -0.2) is 4.39 Å². The SMILES string of the molecule is CC(CC(=O)N(Cc1ccc(C2CC2)cc1)Cc1ccccn1)c1ccc(F)cc1. The normalized spacial score (nSPS) is 14.3. The van der Waals surface area contributed by atoms with Crippen molar-refractivity contribution in [3.63, 3.8) is 0 Å². The second-order valence-corrected chi connectivity index (χ2v) is 8.24. The van der Waals surface area contributed by atoms with Crippen LogP contribution in [-0.2, 0) is 17.9 Å². The van der Waals surface area contributed by atoms with Gasteiger partial charge in [0.2, 0.25) is 5.91 Å². The summed E-state index contributed by atoms with van der Waals surface area (Å²) in [5.41, 5.74) is 4.36. The lowest BCUT2D eigenvalue weighted by Crippen LogP contribution is -2.31. The van der Waals surface area contributed by atoms with Gasteiger partial charge in [0.05, 0.1) is 12.2 Å². The minimum atomic E-state index is -0.260. The van der Waals surface area contributed by atoms with Crippen molar-refractivity contribution in [2.75, 3.05) is 0 Å². The fourth-order valence-electron chi connectivity index (χ4n) is 3.75. The van der Waals surface area contributed by atoms with Crippen molar-refractivity contribution in [3.05, 3.63) is 101 Å². The summed E-state index contributed by atoms with van der Waals surface area (Å²) in [5.74, 6) is 0.552. The second kappa shape index (κ2) is 9.21. The Kier molecular flexibility index (Phi) is 6.22. The predicted molar refractivity (Wildman–Crippen MR) is 116 cm³/mol. The first-order chi connectivity index (χ1) is 14.6. The number of benzene rings is 2. The average Bonchev–Trinajstić information content (AvgIpc) is 3.60. The number of carbonyl (C=O) groups excluding carboxylic acids is 1. The molecule has 0 bridgehead atoms. The summed E-state index contributed by atoms with van der Waals surface area (Å²) in [6.45, 7) is 3.03. The molecule has 3 aromatic rings. The van der Waals surface area contributed by atoms with Gasteiger partial charge in [-0.15, -0.1) is 0 Å². The highest BCUT2D eigenvalue weighted by Gasteiger charge is 2.23. The van der Waals surface area contributed by atoms with Crippen LogP contribution in [0.1, 0.15) is 60.4 Å². The van der Waals surface area contributed by atoms with Crippen LogP contribution in [0.2, 0.25) is 0 Å². The minimum Gasteiger partial charge on any atom is -0.332 e. The van der Waals surface area contributed by atoms with Gasteiger partial charge >= 0.3 is 0 Å². The maximum atomic E-state index is 13.2. The minimum absolute atomic E-state index is 0.0153. The van der Waals surface area contributed by atoms with Gasteiger partial charge in [-0.05, 0) is 65.6 Å². The molecule has 4 rings (SSSR count). The standard InChI is InChI=1S/C26H27FN2O/c1-19(21-11-13-24(27)14-12-21)16-26(30)29(18-25-4-2-3-15-28-25)17-20-5-7-22(8-6-20)23-9-10-23/h2-8,11-15,19,23H,9-10,16-18H2,1H3. The van der Waals surface area contributed by atoms with Crippen molar-refractivity contribution < 1.29 is 9.18 Å². The Labute approximate surface area is 177 Å². The molecule has 154 valence electrons. The third kappa shape index (κ3) is 5.32. The number of halogens is 1. The predicted octanol–water partition coefficient (Wildman–Crippen LogP) is 5.82. The maximum absolute atomic E-state index is 13.2. The zero-order chi connectivity index (χ0) is 20.9. The number of pyridine rings is 1. The fourth-order valence-corrected chi connectivity index (χ4v) is 3.75. The number of rotatable bonds is 8. The zero-order valence-electron chi connectivity index (χ0n) is 17.3. The molecular weight excluding hydrogens is 375 g/mol. The van der Waals surface area contributed by atoms with E-state index in [-0.39, 0.29) is 17.6 Å². The molecule has 1 aliphatic rings. The Morgan fingerprint density at radius 2 is 1.77 bits per heavy atom. The molecule has 0 spiro atoms. The smallest absolute Gasteiger partial charge is 0.223 e. The molecule has 0 saturated heterocycles. The van der Waals surface area contributed by atoms with Gasteiger partial charge in [-0.2, -0.15) is 0 Å². The summed E-state index contributed by atoms with van der Waals surface area (Å²) >= 11 is 0. The van der Waals surface area contributed by atoms with Crippen LogP contribution in [-0.4, -0.2) is 15.8 Å². The molecule has 1 atom stereocenters. The van der Waals surface area contributed by atoms with E-state index >= 15 is 0 Å². The van der Waals surface area contributed by atoms with E-state index in [0.717, 1.165) is 22.7 Å². The van der Waals surface area contributed by atoms with Crippen molar-refractivity contribution in [2.45, 2.75) is 51.1 Å². The van der Waals surface area contributed by atoms with Crippen molar-refractivity contribution >= 4 is 5.91 Å². The molecule has 2 aromatic carbocycles. The van der Waals surface area contributed by atoms with Gasteiger partial charge in [0.25, 0.3) is 0 Å². The molecular formula is C26H27FN2O. The average molecular weight is 403 g/mol. The van der Waals surface area contributed by atoms with Crippen LogP contribution in [0, 0.1) is 5.82 Å². The van der Waals surface area contributed by atoms with Gasteiger partial charge in [0, 0.05) is 19.2 Å². The quantitative estimate of drug-likeness (QED) is 0.476. The van der Waals surface area contributed by atoms with E-state index in [2.05, 4.69) is 29.2 Å². The molecule has 1 aliphatic carbocycles. The molecule has 1 saturated carbocycles. The first-order valence-electron chi connectivity index (χ1n) is 10.6. The highest BCUT2D eigenvalue weighted by atomic mass is 19.1. The number of aromatic nitrogens is 1. The van der Waals surface area contributed by atoms with Crippen LogP contribution in [0.3, 0.4) is 0 Å². The highest BCUT2D eigenvalue weighted by Crippen LogP contribution is 2.40. The third-order valence-corrected chi connectivity index (χ3v) is 5.75. The first kappa shape index (κ1) is 20.3. The Morgan fingerprint density at radius 3 is 2.40 bits per heavy atom. The lowest BCUT2D eigenvalue weighted by Gasteiger charge is -2.24. The topological polar surface area (TPSA) is 33.2 Å². The largest absolute Gasteiger partial charge is 0.332 e.